The lowest BCUT2D eigenvalue weighted by Gasteiger charge is -2.14. The van der Waals surface area contributed by atoms with Crippen LogP contribution >= 0.6 is 11.6 Å². The van der Waals surface area contributed by atoms with Crippen LogP contribution in [0.3, 0.4) is 0 Å². The molecule has 0 atom stereocenters. The molecule has 1 aliphatic heterocycles. The fourth-order valence-corrected chi connectivity index (χ4v) is 4.24. The van der Waals surface area contributed by atoms with Crippen molar-refractivity contribution in [2.45, 2.75) is 12.6 Å². The van der Waals surface area contributed by atoms with E-state index in [2.05, 4.69) is 25.9 Å². The third-order valence-corrected chi connectivity index (χ3v) is 6.64. The van der Waals surface area contributed by atoms with Gasteiger partial charge in [0.05, 0.1) is 21.9 Å². The molecule has 10 nitrogen and oxygen atoms in total. The van der Waals surface area contributed by atoms with Crippen LogP contribution in [0.5, 0.6) is 11.5 Å². The summed E-state index contributed by atoms with van der Waals surface area (Å²) in [6, 6.07) is 9.05. The number of sulfone groups is 1. The maximum absolute atomic E-state index is 13.0. The van der Waals surface area contributed by atoms with Gasteiger partial charge in [0.15, 0.2) is 0 Å². The van der Waals surface area contributed by atoms with Crippen LogP contribution in [0.2, 0.25) is 5.02 Å². The lowest BCUT2D eigenvalue weighted by Crippen LogP contribution is -2.29. The summed E-state index contributed by atoms with van der Waals surface area (Å²) in [5, 5.41) is 8.74. The molecular formula is C25H23ClF3N5O5S. The van der Waals surface area contributed by atoms with Gasteiger partial charge in [0.1, 0.15) is 45.1 Å². The summed E-state index contributed by atoms with van der Waals surface area (Å²) in [7, 11) is -3.24. The molecule has 0 bridgehead atoms. The molecule has 1 amide bonds. The highest BCUT2D eigenvalue weighted by molar-refractivity contribution is 7.90. The van der Waals surface area contributed by atoms with Crippen LogP contribution < -0.4 is 20.7 Å². The van der Waals surface area contributed by atoms with Crippen LogP contribution in [0.1, 0.15) is 17.5 Å². The van der Waals surface area contributed by atoms with Gasteiger partial charge in [-0.15, -0.1) is 0 Å². The Labute approximate surface area is 232 Å². The van der Waals surface area contributed by atoms with Crippen LogP contribution in [0, 0.1) is 0 Å². The van der Waals surface area contributed by atoms with E-state index in [0.717, 1.165) is 18.4 Å². The average molecular weight is 598 g/mol. The molecule has 0 unspecified atom stereocenters. The number of rotatable bonds is 8. The highest BCUT2D eigenvalue weighted by Crippen LogP contribution is 2.36. The second kappa shape index (κ2) is 12.0. The number of carbonyl (C=O) groups excluding carboxylic acids is 1. The number of alkyl carbamates (subject to hydrolysis) is 1. The van der Waals surface area contributed by atoms with Crippen molar-refractivity contribution in [2.24, 2.45) is 0 Å². The summed E-state index contributed by atoms with van der Waals surface area (Å²) in [4.78, 5) is 20.6. The number of anilines is 3. The van der Waals surface area contributed by atoms with Crippen molar-refractivity contribution in [1.29, 1.82) is 0 Å². The number of aromatic nitrogens is 2. The standard InChI is InChI=1S/C25H23ClF3N5O5S/c1-40(36,37)10-9-31-24(35)39-18-7-8-30-22-19(13-18)23(33-14-32-22)34-16-5-6-21(20(26)12-16)38-17-4-2-3-15(11-17)25(27,28)29/h2-6,11-14H,7-10H2,1H3,(H,31,35)(H2,30,32,33,34). The van der Waals surface area contributed by atoms with Crippen molar-refractivity contribution in [1.82, 2.24) is 15.3 Å². The van der Waals surface area contributed by atoms with Crippen molar-refractivity contribution >= 4 is 50.9 Å². The van der Waals surface area contributed by atoms with Gasteiger partial charge in [0, 0.05) is 31.5 Å². The molecule has 1 aromatic heterocycles. The minimum absolute atomic E-state index is 0.0253. The van der Waals surface area contributed by atoms with E-state index >= 15 is 0 Å². The number of fused-ring (bicyclic) bond motifs is 1. The number of benzene rings is 2. The van der Waals surface area contributed by atoms with Crippen LogP contribution in [-0.2, 0) is 20.8 Å². The van der Waals surface area contributed by atoms with E-state index in [1.165, 1.54) is 30.6 Å². The molecule has 15 heteroatoms. The fourth-order valence-electron chi connectivity index (χ4n) is 3.55. The Kier molecular flexibility index (Phi) is 8.69. The topological polar surface area (TPSA) is 132 Å². The number of hydrogen-bond acceptors (Lipinski definition) is 9. The molecule has 0 radical (unpaired) electrons. The summed E-state index contributed by atoms with van der Waals surface area (Å²) >= 11 is 6.35. The van der Waals surface area contributed by atoms with Gasteiger partial charge in [-0.3, -0.25) is 0 Å². The van der Waals surface area contributed by atoms with E-state index in [0.29, 0.717) is 41.6 Å². The summed E-state index contributed by atoms with van der Waals surface area (Å²) < 4.78 is 72.5. The Morgan fingerprint density at radius 3 is 2.70 bits per heavy atom. The number of hydrogen-bond donors (Lipinski definition) is 3. The Balaban J connectivity index is 1.49. The minimum atomic E-state index is -4.51. The van der Waals surface area contributed by atoms with Gasteiger partial charge >= 0.3 is 12.3 Å². The number of alkyl halides is 3. The van der Waals surface area contributed by atoms with Crippen LogP contribution in [0.25, 0.3) is 6.08 Å². The Morgan fingerprint density at radius 1 is 1.18 bits per heavy atom. The zero-order chi connectivity index (χ0) is 28.9. The number of nitrogens with one attached hydrogen (secondary N) is 3. The molecule has 3 N–H and O–H groups in total. The molecule has 212 valence electrons. The molecule has 0 fully saturated rings. The first kappa shape index (κ1) is 29.0. The predicted octanol–water partition coefficient (Wildman–Crippen LogP) is 5.61. The van der Waals surface area contributed by atoms with Gasteiger partial charge in [-0.05, 0) is 42.5 Å². The van der Waals surface area contributed by atoms with Crippen LogP contribution in [0.15, 0.2) is 54.6 Å². The van der Waals surface area contributed by atoms with Crippen LogP contribution in [-0.4, -0.2) is 49.6 Å². The molecular weight excluding hydrogens is 575 g/mol. The van der Waals surface area contributed by atoms with Crippen molar-refractivity contribution in [3.63, 3.8) is 0 Å². The Hall–Kier alpha value is -4.04. The highest BCUT2D eigenvalue weighted by Gasteiger charge is 2.30. The largest absolute Gasteiger partial charge is 0.456 e. The first-order valence-electron chi connectivity index (χ1n) is 11.7. The van der Waals surface area contributed by atoms with Gasteiger partial charge in [-0.1, -0.05) is 17.7 Å². The molecule has 0 aliphatic carbocycles. The van der Waals surface area contributed by atoms with E-state index in [4.69, 9.17) is 21.1 Å². The monoisotopic (exact) mass is 597 g/mol. The van der Waals surface area contributed by atoms with Gasteiger partial charge in [0.25, 0.3) is 0 Å². The van der Waals surface area contributed by atoms with Gasteiger partial charge < -0.3 is 25.4 Å². The third kappa shape index (κ3) is 7.99. The first-order chi connectivity index (χ1) is 18.9. The SMILES string of the molecule is CS(=O)(=O)CCNC(=O)OC1=Cc2c(ncnc2Nc2ccc(Oc3cccc(C(F)(F)F)c3)c(Cl)c2)NCC1. The Bertz CT molecular complexity index is 1550. The second-order valence-electron chi connectivity index (χ2n) is 8.62. The third-order valence-electron chi connectivity index (χ3n) is 5.40. The van der Waals surface area contributed by atoms with E-state index in [9.17, 15) is 26.4 Å². The number of carbonyl (C=O) groups is 1. The molecule has 2 aromatic carbocycles. The normalized spacial score (nSPS) is 13.3. The van der Waals surface area contributed by atoms with E-state index in [1.807, 2.05) is 0 Å². The maximum atomic E-state index is 13.0. The quantitative estimate of drug-likeness (QED) is 0.303. The van der Waals surface area contributed by atoms with Crippen molar-refractivity contribution in [3.05, 3.63) is 70.7 Å². The van der Waals surface area contributed by atoms with Crippen molar-refractivity contribution in [3.8, 4) is 11.5 Å². The van der Waals surface area contributed by atoms with Gasteiger partial charge in [-0.2, -0.15) is 13.2 Å². The summed E-state index contributed by atoms with van der Waals surface area (Å²) in [6.07, 6.45) is -0.993. The number of ether oxygens (including phenoxy) is 2. The van der Waals surface area contributed by atoms with Crippen LogP contribution in [0.4, 0.5) is 35.3 Å². The molecule has 1 aliphatic rings. The number of halogens is 4. The second-order valence-corrected chi connectivity index (χ2v) is 11.3. The van der Waals surface area contributed by atoms with E-state index < -0.39 is 27.7 Å². The molecule has 4 rings (SSSR count). The molecule has 3 aromatic rings. The van der Waals surface area contributed by atoms with E-state index in [-0.39, 0.29) is 28.8 Å². The molecule has 2 heterocycles. The van der Waals surface area contributed by atoms with Gasteiger partial charge in [0.2, 0.25) is 0 Å². The van der Waals surface area contributed by atoms with E-state index in [1.54, 1.807) is 12.1 Å². The summed E-state index contributed by atoms with van der Waals surface area (Å²) in [5.74, 6) is 1.02. The molecule has 0 saturated heterocycles. The minimum Gasteiger partial charge on any atom is -0.456 e. The molecule has 0 spiro atoms. The average Bonchev–Trinajstić information content (AvgIpc) is 3.07. The zero-order valence-electron chi connectivity index (χ0n) is 20.9. The fraction of sp³-hybridized carbons (Fsp3) is 0.240. The predicted molar refractivity (Wildman–Crippen MR) is 144 cm³/mol. The van der Waals surface area contributed by atoms with Gasteiger partial charge in [-0.25, -0.2) is 23.2 Å². The first-order valence-corrected chi connectivity index (χ1v) is 14.2. The number of amides is 1. The lowest BCUT2D eigenvalue weighted by atomic mass is 10.2. The number of nitrogens with zero attached hydrogens (tertiary/aromatic N) is 2. The van der Waals surface area contributed by atoms with Crippen molar-refractivity contribution in [2.75, 3.05) is 35.7 Å². The zero-order valence-corrected chi connectivity index (χ0v) is 22.5. The highest BCUT2D eigenvalue weighted by atomic mass is 35.5. The Morgan fingerprint density at radius 2 is 1.98 bits per heavy atom. The molecule has 40 heavy (non-hydrogen) atoms. The van der Waals surface area contributed by atoms with Crippen molar-refractivity contribution < 1.29 is 35.9 Å². The molecule has 0 saturated carbocycles. The maximum Gasteiger partial charge on any atom is 0.416 e. The summed E-state index contributed by atoms with van der Waals surface area (Å²) in [5.41, 5.74) is 0.125. The lowest BCUT2D eigenvalue weighted by molar-refractivity contribution is -0.137. The smallest absolute Gasteiger partial charge is 0.416 e. The summed E-state index contributed by atoms with van der Waals surface area (Å²) in [6.45, 7) is 0.309.